The highest BCUT2D eigenvalue weighted by Crippen LogP contribution is 2.36. The van der Waals surface area contributed by atoms with Crippen molar-refractivity contribution in [3.05, 3.63) is 36.4 Å². The molecule has 0 saturated heterocycles. The number of ether oxygens (including phenoxy) is 1. The lowest BCUT2D eigenvalue weighted by atomic mass is 9.80. The molecule has 0 saturated carbocycles. The highest BCUT2D eigenvalue weighted by molar-refractivity contribution is 5.44. The van der Waals surface area contributed by atoms with Crippen LogP contribution in [0.25, 0.3) is 0 Å². The molecule has 1 unspecified atom stereocenters. The molecule has 1 rings (SSSR count). The Kier molecular flexibility index (Phi) is 7.82. The average molecular weight is 334 g/mol. The molecule has 24 heavy (non-hydrogen) atoms. The third-order valence-corrected chi connectivity index (χ3v) is 4.57. The van der Waals surface area contributed by atoms with Gasteiger partial charge in [-0.1, -0.05) is 52.2 Å². The Morgan fingerprint density at radius 3 is 2.50 bits per heavy atom. The standard InChI is InChI=1S/C21H34O3/c1-6-8-10-13-20(3,4)17-11-12-18(22)19(15-17)24-16-21(5,23)14-9-7-2/h7,11-12,15,22-23H,2,6,8-10,13-14,16H2,1,3-5H3. The number of phenolic OH excluding ortho intramolecular Hbond substituents is 1. The van der Waals surface area contributed by atoms with Crippen LogP contribution in [0.2, 0.25) is 0 Å². The average Bonchev–Trinajstić information content (AvgIpc) is 2.52. The van der Waals surface area contributed by atoms with Gasteiger partial charge >= 0.3 is 0 Å². The monoisotopic (exact) mass is 334 g/mol. The van der Waals surface area contributed by atoms with Crippen LogP contribution in [-0.4, -0.2) is 22.4 Å². The minimum atomic E-state index is -0.937. The lowest BCUT2D eigenvalue weighted by molar-refractivity contribution is 0.00451. The summed E-state index contributed by atoms with van der Waals surface area (Å²) in [6.45, 7) is 12.2. The number of rotatable bonds is 11. The van der Waals surface area contributed by atoms with Gasteiger partial charge in [0.05, 0.1) is 5.60 Å². The Hall–Kier alpha value is -1.48. The maximum atomic E-state index is 10.3. The predicted molar refractivity (Wildman–Crippen MR) is 101 cm³/mol. The SMILES string of the molecule is C=CCCC(C)(O)COc1cc(C(C)(C)CCCCC)ccc1O. The molecule has 0 aliphatic carbocycles. The maximum Gasteiger partial charge on any atom is 0.161 e. The molecule has 1 aromatic carbocycles. The first kappa shape index (κ1) is 20.6. The summed E-state index contributed by atoms with van der Waals surface area (Å²) in [6.07, 6.45) is 7.83. The van der Waals surface area contributed by atoms with Crippen molar-refractivity contribution < 1.29 is 14.9 Å². The Labute approximate surface area is 147 Å². The Balaban J connectivity index is 2.80. The number of allylic oxidation sites excluding steroid dienone is 1. The van der Waals surface area contributed by atoms with E-state index in [-0.39, 0.29) is 17.8 Å². The van der Waals surface area contributed by atoms with Gasteiger partial charge in [-0.15, -0.1) is 6.58 Å². The van der Waals surface area contributed by atoms with E-state index in [1.807, 2.05) is 12.1 Å². The van der Waals surface area contributed by atoms with E-state index < -0.39 is 5.60 Å². The molecular weight excluding hydrogens is 300 g/mol. The smallest absolute Gasteiger partial charge is 0.161 e. The van der Waals surface area contributed by atoms with Crippen LogP contribution in [0, 0.1) is 0 Å². The quantitative estimate of drug-likeness (QED) is 0.424. The minimum Gasteiger partial charge on any atom is -0.504 e. The zero-order valence-corrected chi connectivity index (χ0v) is 15.8. The van der Waals surface area contributed by atoms with Crippen molar-refractivity contribution in [1.82, 2.24) is 0 Å². The van der Waals surface area contributed by atoms with Gasteiger partial charge in [-0.05, 0) is 49.3 Å². The summed E-state index contributed by atoms with van der Waals surface area (Å²) in [6, 6.07) is 5.56. The van der Waals surface area contributed by atoms with Crippen molar-refractivity contribution in [2.45, 2.75) is 77.2 Å². The van der Waals surface area contributed by atoms with Crippen molar-refractivity contribution in [2.24, 2.45) is 0 Å². The Morgan fingerprint density at radius 2 is 1.88 bits per heavy atom. The number of aliphatic hydroxyl groups is 1. The second-order valence-electron chi connectivity index (χ2n) is 7.64. The van der Waals surface area contributed by atoms with E-state index in [1.54, 1.807) is 19.1 Å². The molecule has 2 N–H and O–H groups in total. The molecule has 136 valence electrons. The van der Waals surface area contributed by atoms with Gasteiger partial charge in [-0.2, -0.15) is 0 Å². The molecule has 0 aliphatic rings. The molecule has 1 aromatic rings. The number of hydrogen-bond donors (Lipinski definition) is 2. The molecule has 0 aliphatic heterocycles. The topological polar surface area (TPSA) is 49.7 Å². The van der Waals surface area contributed by atoms with Crippen LogP contribution in [0.15, 0.2) is 30.9 Å². The molecular formula is C21H34O3. The number of hydrogen-bond acceptors (Lipinski definition) is 3. The van der Waals surface area contributed by atoms with Gasteiger partial charge < -0.3 is 14.9 Å². The number of unbranched alkanes of at least 4 members (excludes halogenated alkanes) is 2. The summed E-state index contributed by atoms with van der Waals surface area (Å²) in [7, 11) is 0. The van der Waals surface area contributed by atoms with E-state index in [4.69, 9.17) is 4.74 Å². The minimum absolute atomic E-state index is 0.0341. The molecule has 1 atom stereocenters. The van der Waals surface area contributed by atoms with E-state index >= 15 is 0 Å². The molecule has 0 bridgehead atoms. The summed E-state index contributed by atoms with van der Waals surface area (Å²) in [5, 5.41) is 20.4. The summed E-state index contributed by atoms with van der Waals surface area (Å²) in [5.74, 6) is 0.553. The van der Waals surface area contributed by atoms with Crippen LogP contribution in [0.4, 0.5) is 0 Å². The lowest BCUT2D eigenvalue weighted by Gasteiger charge is -2.27. The molecule has 0 heterocycles. The van der Waals surface area contributed by atoms with Crippen molar-refractivity contribution in [3.8, 4) is 11.5 Å². The lowest BCUT2D eigenvalue weighted by Crippen LogP contribution is -2.32. The number of aromatic hydroxyl groups is 1. The van der Waals surface area contributed by atoms with Crippen LogP contribution in [-0.2, 0) is 5.41 Å². The van der Waals surface area contributed by atoms with E-state index in [0.29, 0.717) is 12.2 Å². The highest BCUT2D eigenvalue weighted by Gasteiger charge is 2.24. The van der Waals surface area contributed by atoms with Crippen molar-refractivity contribution in [1.29, 1.82) is 0 Å². The highest BCUT2D eigenvalue weighted by atomic mass is 16.5. The fraction of sp³-hybridized carbons (Fsp3) is 0.619. The van der Waals surface area contributed by atoms with Crippen molar-refractivity contribution >= 4 is 0 Å². The third kappa shape index (κ3) is 6.56. The van der Waals surface area contributed by atoms with Gasteiger partial charge in [0.25, 0.3) is 0 Å². The fourth-order valence-corrected chi connectivity index (χ4v) is 2.73. The number of benzene rings is 1. The van der Waals surface area contributed by atoms with Crippen LogP contribution in [0.3, 0.4) is 0 Å². The number of phenols is 1. The van der Waals surface area contributed by atoms with Crippen molar-refractivity contribution in [3.63, 3.8) is 0 Å². The predicted octanol–water partition coefficient (Wildman–Crippen LogP) is 5.35. The molecule has 0 fully saturated rings. The second-order valence-corrected chi connectivity index (χ2v) is 7.64. The largest absolute Gasteiger partial charge is 0.504 e. The van der Waals surface area contributed by atoms with Crippen LogP contribution < -0.4 is 4.74 Å². The van der Waals surface area contributed by atoms with Crippen LogP contribution in [0.5, 0.6) is 11.5 Å². The van der Waals surface area contributed by atoms with Gasteiger partial charge in [0.1, 0.15) is 6.61 Å². The summed E-state index contributed by atoms with van der Waals surface area (Å²) in [5.41, 5.74) is 0.247. The zero-order valence-electron chi connectivity index (χ0n) is 15.8. The first-order chi connectivity index (χ1) is 11.2. The van der Waals surface area contributed by atoms with E-state index in [9.17, 15) is 10.2 Å². The van der Waals surface area contributed by atoms with Crippen molar-refractivity contribution in [2.75, 3.05) is 6.61 Å². The maximum absolute atomic E-state index is 10.3. The molecule has 0 radical (unpaired) electrons. The van der Waals surface area contributed by atoms with Crippen LogP contribution >= 0.6 is 0 Å². The summed E-state index contributed by atoms with van der Waals surface area (Å²) >= 11 is 0. The Bertz CT molecular complexity index is 518. The zero-order chi connectivity index (χ0) is 18.2. The van der Waals surface area contributed by atoms with Gasteiger partial charge in [-0.3, -0.25) is 0 Å². The summed E-state index contributed by atoms with van der Waals surface area (Å²) < 4.78 is 5.73. The second kappa shape index (κ2) is 9.12. The van der Waals surface area contributed by atoms with Gasteiger partial charge in [0, 0.05) is 0 Å². The van der Waals surface area contributed by atoms with Gasteiger partial charge in [0.15, 0.2) is 11.5 Å². The Morgan fingerprint density at radius 1 is 1.17 bits per heavy atom. The molecule has 0 amide bonds. The first-order valence-electron chi connectivity index (χ1n) is 9.01. The molecule has 3 nitrogen and oxygen atoms in total. The third-order valence-electron chi connectivity index (χ3n) is 4.57. The van der Waals surface area contributed by atoms with E-state index in [2.05, 4.69) is 27.4 Å². The van der Waals surface area contributed by atoms with Gasteiger partial charge in [0.2, 0.25) is 0 Å². The van der Waals surface area contributed by atoms with Crippen LogP contribution in [0.1, 0.15) is 71.8 Å². The fourth-order valence-electron chi connectivity index (χ4n) is 2.73. The summed E-state index contributed by atoms with van der Waals surface area (Å²) in [4.78, 5) is 0. The normalized spacial score (nSPS) is 14.2. The van der Waals surface area contributed by atoms with Gasteiger partial charge in [-0.25, -0.2) is 0 Å². The van der Waals surface area contributed by atoms with E-state index in [0.717, 1.165) is 18.4 Å². The molecule has 0 spiro atoms. The first-order valence-corrected chi connectivity index (χ1v) is 9.01. The molecule has 3 heteroatoms. The molecule has 0 aromatic heterocycles. The van der Waals surface area contributed by atoms with E-state index in [1.165, 1.54) is 19.3 Å².